The molecule has 0 heterocycles. The molecule has 1 amide bonds. The molecule has 2 N–H and O–H groups in total. The second kappa shape index (κ2) is 10.7. The van der Waals surface area contributed by atoms with Crippen LogP contribution in [0.4, 0.5) is 5.69 Å². The van der Waals surface area contributed by atoms with Gasteiger partial charge in [0.15, 0.2) is 6.61 Å². The fourth-order valence-electron chi connectivity index (χ4n) is 3.12. The van der Waals surface area contributed by atoms with Crippen molar-refractivity contribution in [2.45, 2.75) is 64.3 Å². The van der Waals surface area contributed by atoms with Crippen LogP contribution in [0.1, 0.15) is 68.6 Å². The molecule has 0 spiro atoms. The fraction of sp³-hybridized carbons (Fsp3) is 0.600. The first kappa shape index (κ1) is 19.3. The molecular weight excluding hydrogens is 316 g/mol. The van der Waals surface area contributed by atoms with E-state index in [9.17, 15) is 9.59 Å². The number of anilines is 1. The summed E-state index contributed by atoms with van der Waals surface area (Å²) in [6.45, 7) is 2.70. The first-order valence-electron chi connectivity index (χ1n) is 9.50. The van der Waals surface area contributed by atoms with Gasteiger partial charge in [-0.1, -0.05) is 51.2 Å². The van der Waals surface area contributed by atoms with Crippen molar-refractivity contribution in [1.82, 2.24) is 5.32 Å². The minimum Gasteiger partial charge on any atom is -0.452 e. The Bertz CT molecular complexity index is 552. The third-order valence-corrected chi connectivity index (χ3v) is 4.55. The van der Waals surface area contributed by atoms with Crippen LogP contribution in [0.5, 0.6) is 0 Å². The Morgan fingerprint density at radius 2 is 1.84 bits per heavy atom. The zero-order valence-corrected chi connectivity index (χ0v) is 15.2. The Morgan fingerprint density at radius 1 is 1.12 bits per heavy atom. The molecule has 1 saturated carbocycles. The summed E-state index contributed by atoms with van der Waals surface area (Å²) in [7, 11) is 0. The van der Waals surface area contributed by atoms with Crippen molar-refractivity contribution in [2.24, 2.45) is 0 Å². The van der Waals surface area contributed by atoms with Crippen molar-refractivity contribution < 1.29 is 14.3 Å². The monoisotopic (exact) mass is 346 g/mol. The Labute approximate surface area is 150 Å². The molecule has 2 rings (SSSR count). The lowest BCUT2D eigenvalue weighted by Crippen LogP contribution is -2.37. The predicted octanol–water partition coefficient (Wildman–Crippen LogP) is 3.89. The number of rotatable bonds is 8. The van der Waals surface area contributed by atoms with Crippen LogP contribution in [-0.2, 0) is 9.53 Å². The summed E-state index contributed by atoms with van der Waals surface area (Å²) in [4.78, 5) is 24.4. The van der Waals surface area contributed by atoms with Gasteiger partial charge in [0.1, 0.15) is 0 Å². The summed E-state index contributed by atoms with van der Waals surface area (Å²) < 4.78 is 5.22. The van der Waals surface area contributed by atoms with Crippen LogP contribution in [-0.4, -0.2) is 31.1 Å². The number of benzene rings is 1. The van der Waals surface area contributed by atoms with Crippen LogP contribution in [0.2, 0.25) is 0 Å². The van der Waals surface area contributed by atoms with Crippen molar-refractivity contribution >= 4 is 17.6 Å². The van der Waals surface area contributed by atoms with Crippen molar-refractivity contribution in [1.29, 1.82) is 0 Å². The van der Waals surface area contributed by atoms with E-state index >= 15 is 0 Å². The number of hydrogen-bond acceptors (Lipinski definition) is 4. The predicted molar refractivity (Wildman–Crippen MR) is 99.8 cm³/mol. The third-order valence-electron chi connectivity index (χ3n) is 4.55. The van der Waals surface area contributed by atoms with Crippen molar-refractivity contribution in [3.05, 3.63) is 29.8 Å². The summed E-state index contributed by atoms with van der Waals surface area (Å²) in [6, 6.07) is 7.48. The molecular formula is C20H30N2O3. The van der Waals surface area contributed by atoms with Gasteiger partial charge in [-0.05, 0) is 31.4 Å². The molecule has 0 aromatic heterocycles. The Balaban J connectivity index is 1.82. The molecule has 1 aliphatic carbocycles. The molecule has 1 aromatic rings. The largest absolute Gasteiger partial charge is 0.452 e. The maximum absolute atomic E-state index is 12.3. The van der Waals surface area contributed by atoms with Gasteiger partial charge in [0.2, 0.25) is 0 Å². The van der Waals surface area contributed by atoms with Gasteiger partial charge in [0.05, 0.1) is 5.56 Å². The van der Waals surface area contributed by atoms with Gasteiger partial charge >= 0.3 is 5.97 Å². The van der Waals surface area contributed by atoms with E-state index in [4.69, 9.17) is 4.74 Å². The summed E-state index contributed by atoms with van der Waals surface area (Å²) in [5.74, 6) is -0.674. The second-order valence-corrected chi connectivity index (χ2v) is 6.66. The topological polar surface area (TPSA) is 67.4 Å². The van der Waals surface area contributed by atoms with E-state index in [0.717, 1.165) is 50.8 Å². The summed E-state index contributed by atoms with van der Waals surface area (Å²) in [5.41, 5.74) is 1.23. The number of ether oxygens (including phenoxy) is 1. The van der Waals surface area contributed by atoms with E-state index in [1.807, 2.05) is 12.1 Å². The standard InChI is InChI=1S/C20H30N2O3/c1-2-3-14-21-18-13-9-8-12-17(18)20(24)25-15-19(23)22-16-10-6-4-5-7-11-16/h8-9,12-13,16,21H,2-7,10-11,14-15H2,1H3,(H,22,23). The highest BCUT2D eigenvalue weighted by atomic mass is 16.5. The molecule has 138 valence electrons. The van der Waals surface area contributed by atoms with E-state index in [1.54, 1.807) is 12.1 Å². The highest BCUT2D eigenvalue weighted by molar-refractivity contribution is 5.96. The van der Waals surface area contributed by atoms with Gasteiger partial charge in [0, 0.05) is 18.3 Å². The van der Waals surface area contributed by atoms with E-state index in [2.05, 4.69) is 17.6 Å². The molecule has 0 bridgehead atoms. The molecule has 0 unspecified atom stereocenters. The van der Waals surface area contributed by atoms with E-state index in [1.165, 1.54) is 12.8 Å². The first-order chi connectivity index (χ1) is 12.2. The van der Waals surface area contributed by atoms with Crippen LogP contribution in [0.15, 0.2) is 24.3 Å². The van der Waals surface area contributed by atoms with Crippen molar-refractivity contribution in [3.8, 4) is 0 Å². The number of carbonyl (C=O) groups is 2. The van der Waals surface area contributed by atoms with Gasteiger partial charge < -0.3 is 15.4 Å². The zero-order chi connectivity index (χ0) is 17.9. The highest BCUT2D eigenvalue weighted by Gasteiger charge is 2.17. The molecule has 0 atom stereocenters. The molecule has 25 heavy (non-hydrogen) atoms. The molecule has 5 heteroatoms. The minimum atomic E-state index is -0.462. The Morgan fingerprint density at radius 3 is 2.56 bits per heavy atom. The zero-order valence-electron chi connectivity index (χ0n) is 15.2. The number of hydrogen-bond donors (Lipinski definition) is 2. The maximum atomic E-state index is 12.3. The lowest BCUT2D eigenvalue weighted by molar-refractivity contribution is -0.125. The van der Waals surface area contributed by atoms with Crippen LogP contribution in [0.25, 0.3) is 0 Å². The van der Waals surface area contributed by atoms with Gasteiger partial charge in [-0.3, -0.25) is 4.79 Å². The molecule has 1 fully saturated rings. The average molecular weight is 346 g/mol. The summed E-state index contributed by atoms with van der Waals surface area (Å²) in [5, 5.41) is 6.24. The number of nitrogens with one attached hydrogen (secondary N) is 2. The number of amides is 1. The fourth-order valence-corrected chi connectivity index (χ4v) is 3.12. The number of para-hydroxylation sites is 1. The van der Waals surface area contributed by atoms with Gasteiger partial charge in [-0.25, -0.2) is 4.79 Å². The van der Waals surface area contributed by atoms with Crippen molar-refractivity contribution in [2.75, 3.05) is 18.5 Å². The minimum absolute atomic E-state index is 0.211. The normalized spacial score (nSPS) is 15.2. The Hall–Kier alpha value is -2.04. The van der Waals surface area contributed by atoms with E-state index in [-0.39, 0.29) is 18.6 Å². The second-order valence-electron chi connectivity index (χ2n) is 6.66. The number of esters is 1. The van der Waals surface area contributed by atoms with E-state index < -0.39 is 5.97 Å². The maximum Gasteiger partial charge on any atom is 0.340 e. The van der Waals surface area contributed by atoms with Gasteiger partial charge in [-0.2, -0.15) is 0 Å². The highest BCUT2D eigenvalue weighted by Crippen LogP contribution is 2.18. The quantitative estimate of drug-likeness (QED) is 0.426. The number of unbranched alkanes of at least 4 members (excludes halogenated alkanes) is 1. The molecule has 5 nitrogen and oxygen atoms in total. The SMILES string of the molecule is CCCCNc1ccccc1C(=O)OCC(=O)NC1CCCCCC1. The summed E-state index contributed by atoms with van der Waals surface area (Å²) in [6.07, 6.45) is 8.94. The van der Waals surface area contributed by atoms with Crippen molar-refractivity contribution in [3.63, 3.8) is 0 Å². The van der Waals surface area contributed by atoms with Crippen LogP contribution in [0.3, 0.4) is 0 Å². The van der Waals surface area contributed by atoms with Crippen LogP contribution < -0.4 is 10.6 Å². The molecule has 0 radical (unpaired) electrons. The lowest BCUT2D eigenvalue weighted by Gasteiger charge is -2.16. The van der Waals surface area contributed by atoms with Crippen LogP contribution >= 0.6 is 0 Å². The van der Waals surface area contributed by atoms with Gasteiger partial charge in [0.25, 0.3) is 5.91 Å². The third kappa shape index (κ3) is 6.77. The summed E-state index contributed by atoms with van der Waals surface area (Å²) >= 11 is 0. The van der Waals surface area contributed by atoms with Crippen LogP contribution in [0, 0.1) is 0 Å². The Kier molecular flexibility index (Phi) is 8.29. The lowest BCUT2D eigenvalue weighted by atomic mass is 10.1. The molecule has 1 aromatic carbocycles. The smallest absolute Gasteiger partial charge is 0.340 e. The first-order valence-corrected chi connectivity index (χ1v) is 9.50. The average Bonchev–Trinajstić information content (AvgIpc) is 2.89. The molecule has 0 saturated heterocycles. The molecule has 1 aliphatic rings. The molecule has 0 aliphatic heterocycles. The van der Waals surface area contributed by atoms with E-state index in [0.29, 0.717) is 5.56 Å². The van der Waals surface area contributed by atoms with Gasteiger partial charge in [-0.15, -0.1) is 0 Å². The number of carbonyl (C=O) groups excluding carboxylic acids is 2.